The molecule has 0 aliphatic carbocycles. The third kappa shape index (κ3) is 4.57. The highest BCUT2D eigenvalue weighted by molar-refractivity contribution is 8.00. The average Bonchev–Trinajstić information content (AvgIpc) is 3.23. The maximum atomic E-state index is 12.5. The van der Waals surface area contributed by atoms with E-state index < -0.39 is 0 Å². The van der Waals surface area contributed by atoms with Crippen molar-refractivity contribution in [3.05, 3.63) is 60.0 Å². The van der Waals surface area contributed by atoms with Crippen molar-refractivity contribution < 1.29 is 14.3 Å². The van der Waals surface area contributed by atoms with Crippen molar-refractivity contribution in [3.63, 3.8) is 0 Å². The fraction of sp³-hybridized carbons (Fsp3) is 0.143. The number of benzene rings is 2. The lowest BCUT2D eigenvalue weighted by Gasteiger charge is -2.10. The number of fused-ring (bicyclic) bond motifs is 1. The van der Waals surface area contributed by atoms with Gasteiger partial charge in [0.2, 0.25) is 5.91 Å². The maximum absolute atomic E-state index is 12.5. The Kier molecular flexibility index (Phi) is 6.24. The molecule has 2 aromatic carbocycles. The lowest BCUT2D eigenvalue weighted by molar-refractivity contribution is -0.113. The van der Waals surface area contributed by atoms with Gasteiger partial charge in [-0.25, -0.2) is 14.6 Å². The summed E-state index contributed by atoms with van der Waals surface area (Å²) in [5.74, 6) is 1.14. The summed E-state index contributed by atoms with van der Waals surface area (Å²) in [7, 11) is 3.11. The third-order valence-electron chi connectivity index (χ3n) is 4.41. The molecule has 10 heteroatoms. The molecule has 158 valence electrons. The van der Waals surface area contributed by atoms with Gasteiger partial charge in [0.05, 0.1) is 37.2 Å². The second kappa shape index (κ2) is 9.23. The second-order valence-corrected chi connectivity index (χ2v) is 7.76. The first kappa shape index (κ1) is 21.0. The molecule has 0 unspecified atom stereocenters. The molecule has 8 nitrogen and oxygen atoms in total. The Hall–Kier alpha value is -3.30. The number of hydrogen-bond acceptors (Lipinski definition) is 7. The lowest BCUT2D eigenvalue weighted by atomic mass is 10.2. The summed E-state index contributed by atoms with van der Waals surface area (Å²) in [5, 5.41) is 9.35. The van der Waals surface area contributed by atoms with Gasteiger partial charge in [-0.15, -0.1) is 0 Å². The quantitative estimate of drug-likeness (QED) is 0.329. The molecule has 4 aromatic rings. The van der Waals surface area contributed by atoms with Crippen LogP contribution in [-0.4, -0.2) is 45.6 Å². The van der Waals surface area contributed by atoms with Gasteiger partial charge in [0, 0.05) is 16.8 Å². The van der Waals surface area contributed by atoms with Crippen LogP contribution >= 0.6 is 23.4 Å². The number of methoxy groups -OCH3 is 2. The predicted octanol–water partition coefficient (Wildman–Crippen LogP) is 4.22. The van der Waals surface area contributed by atoms with Gasteiger partial charge in [0.15, 0.2) is 17.1 Å². The molecule has 0 saturated heterocycles. The summed E-state index contributed by atoms with van der Waals surface area (Å²) < 4.78 is 12.2. The number of halogens is 1. The first-order chi connectivity index (χ1) is 15.1. The minimum Gasteiger partial charge on any atom is -0.493 e. The number of rotatable bonds is 7. The summed E-state index contributed by atoms with van der Waals surface area (Å²) in [5.41, 5.74) is 2.10. The van der Waals surface area contributed by atoms with Crippen LogP contribution in [-0.2, 0) is 4.79 Å². The van der Waals surface area contributed by atoms with E-state index in [2.05, 4.69) is 20.4 Å². The average molecular weight is 456 g/mol. The monoisotopic (exact) mass is 455 g/mol. The number of anilines is 1. The zero-order chi connectivity index (χ0) is 21.8. The molecule has 0 saturated carbocycles. The normalized spacial score (nSPS) is 10.8. The van der Waals surface area contributed by atoms with E-state index in [0.717, 1.165) is 11.1 Å². The van der Waals surface area contributed by atoms with Crippen molar-refractivity contribution in [2.75, 3.05) is 25.3 Å². The van der Waals surface area contributed by atoms with E-state index in [9.17, 15) is 4.79 Å². The number of amides is 1. The van der Waals surface area contributed by atoms with Crippen LogP contribution in [0.25, 0.3) is 16.7 Å². The molecule has 0 aliphatic heterocycles. The van der Waals surface area contributed by atoms with Crippen molar-refractivity contribution in [1.82, 2.24) is 19.7 Å². The smallest absolute Gasteiger partial charge is 0.234 e. The number of carbonyl (C=O) groups is 1. The summed E-state index contributed by atoms with van der Waals surface area (Å²) in [6, 6.07) is 12.5. The fourth-order valence-corrected chi connectivity index (χ4v) is 3.84. The highest BCUT2D eigenvalue weighted by Crippen LogP contribution is 2.30. The van der Waals surface area contributed by atoms with E-state index in [1.165, 1.54) is 18.1 Å². The van der Waals surface area contributed by atoms with Crippen LogP contribution in [0.15, 0.2) is 60.0 Å². The van der Waals surface area contributed by atoms with Crippen molar-refractivity contribution in [2.45, 2.75) is 5.03 Å². The Balaban J connectivity index is 1.48. The van der Waals surface area contributed by atoms with Crippen LogP contribution in [0.1, 0.15) is 0 Å². The van der Waals surface area contributed by atoms with Gasteiger partial charge < -0.3 is 14.8 Å². The largest absolute Gasteiger partial charge is 0.493 e. The Morgan fingerprint density at radius 2 is 1.87 bits per heavy atom. The lowest BCUT2D eigenvalue weighted by Crippen LogP contribution is -2.14. The maximum Gasteiger partial charge on any atom is 0.234 e. The standard InChI is InChI=1S/C21H18ClN5O3S/c1-29-17-8-5-14(9-18(17)30-2)26-19(28)11-31-21-16-10-25-27(20(16)23-12-24-21)15-6-3-13(22)4-7-15/h3-10,12H,11H2,1-2H3,(H,26,28). The SMILES string of the molecule is COc1ccc(NC(=O)CSc2ncnc3c2cnn3-c2ccc(Cl)cc2)cc1OC. The Morgan fingerprint density at radius 1 is 1.10 bits per heavy atom. The molecule has 2 aromatic heterocycles. The topological polar surface area (TPSA) is 91.2 Å². The molecular weight excluding hydrogens is 438 g/mol. The van der Waals surface area contributed by atoms with E-state index in [1.807, 2.05) is 12.1 Å². The molecule has 0 spiro atoms. The molecule has 0 fully saturated rings. The second-order valence-electron chi connectivity index (χ2n) is 6.36. The van der Waals surface area contributed by atoms with Gasteiger partial charge in [-0.05, 0) is 36.4 Å². The molecule has 0 radical (unpaired) electrons. The van der Waals surface area contributed by atoms with Crippen molar-refractivity contribution in [3.8, 4) is 17.2 Å². The van der Waals surface area contributed by atoms with E-state index in [-0.39, 0.29) is 11.7 Å². The summed E-state index contributed by atoms with van der Waals surface area (Å²) in [6.07, 6.45) is 3.16. The predicted molar refractivity (Wildman–Crippen MR) is 121 cm³/mol. The molecule has 0 atom stereocenters. The zero-order valence-corrected chi connectivity index (χ0v) is 18.3. The molecule has 1 amide bonds. The van der Waals surface area contributed by atoms with Gasteiger partial charge >= 0.3 is 0 Å². The van der Waals surface area contributed by atoms with Crippen LogP contribution in [0.2, 0.25) is 5.02 Å². The van der Waals surface area contributed by atoms with E-state index >= 15 is 0 Å². The van der Waals surface area contributed by atoms with Crippen LogP contribution in [0, 0.1) is 0 Å². The fourth-order valence-electron chi connectivity index (χ4n) is 2.95. The zero-order valence-electron chi connectivity index (χ0n) is 16.7. The Labute approximate surface area is 187 Å². The number of aromatic nitrogens is 4. The first-order valence-electron chi connectivity index (χ1n) is 9.18. The van der Waals surface area contributed by atoms with E-state index in [1.54, 1.807) is 55.4 Å². The Morgan fingerprint density at radius 3 is 2.61 bits per heavy atom. The first-order valence-corrected chi connectivity index (χ1v) is 10.5. The van der Waals surface area contributed by atoms with Gasteiger partial charge in [-0.2, -0.15) is 5.10 Å². The van der Waals surface area contributed by atoms with E-state index in [4.69, 9.17) is 21.1 Å². The highest BCUT2D eigenvalue weighted by atomic mass is 35.5. The van der Waals surface area contributed by atoms with Crippen LogP contribution in [0.5, 0.6) is 11.5 Å². The molecule has 4 rings (SSSR count). The minimum absolute atomic E-state index is 0.172. The third-order valence-corrected chi connectivity index (χ3v) is 5.66. The van der Waals surface area contributed by atoms with Crippen molar-refractivity contribution in [1.29, 1.82) is 0 Å². The van der Waals surface area contributed by atoms with Gasteiger partial charge in [-0.1, -0.05) is 23.4 Å². The van der Waals surface area contributed by atoms with Crippen molar-refractivity contribution in [2.24, 2.45) is 0 Å². The summed E-state index contributed by atoms with van der Waals surface area (Å²) in [4.78, 5) is 21.1. The number of carbonyl (C=O) groups excluding carboxylic acids is 1. The number of nitrogens with one attached hydrogen (secondary N) is 1. The molecule has 0 bridgehead atoms. The Bertz CT molecular complexity index is 1230. The van der Waals surface area contributed by atoms with Crippen molar-refractivity contribution >= 4 is 46.0 Å². The molecule has 0 aliphatic rings. The number of nitrogens with zero attached hydrogens (tertiary/aromatic N) is 4. The number of thioether (sulfide) groups is 1. The number of ether oxygens (including phenoxy) is 2. The highest BCUT2D eigenvalue weighted by Gasteiger charge is 2.14. The van der Waals surface area contributed by atoms with E-state index in [0.29, 0.717) is 32.9 Å². The van der Waals surface area contributed by atoms with Gasteiger partial charge in [0.25, 0.3) is 0 Å². The summed E-state index contributed by atoms with van der Waals surface area (Å²) in [6.45, 7) is 0. The minimum atomic E-state index is -0.172. The van der Waals surface area contributed by atoms with Crippen LogP contribution < -0.4 is 14.8 Å². The molecular formula is C21H18ClN5O3S. The van der Waals surface area contributed by atoms with Crippen LogP contribution in [0.3, 0.4) is 0 Å². The number of hydrogen-bond donors (Lipinski definition) is 1. The van der Waals surface area contributed by atoms with Gasteiger partial charge in [-0.3, -0.25) is 4.79 Å². The molecule has 1 N–H and O–H groups in total. The summed E-state index contributed by atoms with van der Waals surface area (Å²) >= 11 is 7.28. The van der Waals surface area contributed by atoms with Gasteiger partial charge in [0.1, 0.15) is 11.4 Å². The van der Waals surface area contributed by atoms with Crippen LogP contribution in [0.4, 0.5) is 5.69 Å². The molecule has 2 heterocycles. The molecule has 31 heavy (non-hydrogen) atoms.